The van der Waals surface area contributed by atoms with Crippen molar-refractivity contribution in [3.05, 3.63) is 0 Å². The molecule has 102 valence electrons. The molecular formula is C15H31NO. The van der Waals surface area contributed by atoms with E-state index in [2.05, 4.69) is 33.0 Å². The summed E-state index contributed by atoms with van der Waals surface area (Å²) in [6.07, 6.45) is 6.75. The predicted molar refractivity (Wildman–Crippen MR) is 74.1 cm³/mol. The highest BCUT2D eigenvalue weighted by molar-refractivity contribution is 4.79. The number of hydrogen-bond acceptors (Lipinski definition) is 2. The van der Waals surface area contributed by atoms with Gasteiger partial charge in [-0.3, -0.25) is 0 Å². The quantitative estimate of drug-likeness (QED) is 0.725. The molecule has 17 heavy (non-hydrogen) atoms. The van der Waals surface area contributed by atoms with Gasteiger partial charge in [0, 0.05) is 24.6 Å². The van der Waals surface area contributed by atoms with Crippen molar-refractivity contribution in [3.63, 3.8) is 0 Å². The number of nitrogens with one attached hydrogen (secondary N) is 1. The average Bonchev–Trinajstić information content (AvgIpc) is 2.52. The van der Waals surface area contributed by atoms with Gasteiger partial charge in [0.1, 0.15) is 0 Å². The first-order valence-electron chi connectivity index (χ1n) is 7.29. The number of hydrogen-bond donors (Lipinski definition) is 2. The Hall–Kier alpha value is -0.0800. The molecule has 2 nitrogen and oxygen atoms in total. The van der Waals surface area contributed by atoms with Gasteiger partial charge in [-0.05, 0) is 31.1 Å². The van der Waals surface area contributed by atoms with Crippen molar-refractivity contribution in [2.45, 2.75) is 65.8 Å². The minimum Gasteiger partial charge on any atom is -0.396 e. The van der Waals surface area contributed by atoms with Crippen molar-refractivity contribution in [2.24, 2.45) is 17.3 Å². The Kier molecular flexibility index (Phi) is 5.94. The van der Waals surface area contributed by atoms with Gasteiger partial charge in [-0.25, -0.2) is 0 Å². The normalized spacial score (nSPS) is 27.2. The molecule has 0 radical (unpaired) electrons. The van der Waals surface area contributed by atoms with Crippen LogP contribution >= 0.6 is 0 Å². The van der Waals surface area contributed by atoms with Crippen LogP contribution in [0.3, 0.4) is 0 Å². The Morgan fingerprint density at radius 2 is 1.88 bits per heavy atom. The van der Waals surface area contributed by atoms with E-state index in [0.717, 1.165) is 18.4 Å². The van der Waals surface area contributed by atoms with Crippen molar-refractivity contribution in [2.75, 3.05) is 13.2 Å². The van der Waals surface area contributed by atoms with Gasteiger partial charge >= 0.3 is 0 Å². The fourth-order valence-corrected chi connectivity index (χ4v) is 2.68. The van der Waals surface area contributed by atoms with Gasteiger partial charge in [-0.2, -0.15) is 0 Å². The fraction of sp³-hybridized carbons (Fsp3) is 1.00. The molecule has 0 aromatic rings. The van der Waals surface area contributed by atoms with Gasteiger partial charge in [-0.15, -0.1) is 0 Å². The maximum Gasteiger partial charge on any atom is 0.0494 e. The SMILES string of the molecule is CC(C)C1CCCC(NCC(C)(C)CO)CC1. The molecule has 2 heteroatoms. The van der Waals surface area contributed by atoms with Gasteiger partial charge < -0.3 is 10.4 Å². The van der Waals surface area contributed by atoms with Crippen LogP contribution in [0.5, 0.6) is 0 Å². The highest BCUT2D eigenvalue weighted by Crippen LogP contribution is 2.29. The number of rotatable bonds is 5. The van der Waals surface area contributed by atoms with E-state index < -0.39 is 0 Å². The second kappa shape index (κ2) is 6.75. The molecule has 0 aliphatic heterocycles. The molecule has 1 aliphatic carbocycles. The van der Waals surface area contributed by atoms with E-state index in [0.29, 0.717) is 6.04 Å². The van der Waals surface area contributed by atoms with E-state index in [1.54, 1.807) is 0 Å². The number of aliphatic hydroxyl groups is 1. The number of aliphatic hydroxyl groups excluding tert-OH is 1. The fourth-order valence-electron chi connectivity index (χ4n) is 2.68. The zero-order chi connectivity index (χ0) is 12.9. The summed E-state index contributed by atoms with van der Waals surface area (Å²) in [5.74, 6) is 1.76. The third-order valence-electron chi connectivity index (χ3n) is 4.25. The molecule has 0 aromatic carbocycles. The van der Waals surface area contributed by atoms with E-state index in [1.807, 2.05) is 0 Å². The van der Waals surface area contributed by atoms with E-state index in [4.69, 9.17) is 0 Å². The lowest BCUT2D eigenvalue weighted by Gasteiger charge is -2.26. The van der Waals surface area contributed by atoms with Crippen LogP contribution in [-0.2, 0) is 0 Å². The lowest BCUT2D eigenvalue weighted by atomic mass is 9.89. The third-order valence-corrected chi connectivity index (χ3v) is 4.25. The summed E-state index contributed by atoms with van der Waals surface area (Å²) < 4.78 is 0. The molecule has 1 saturated carbocycles. The zero-order valence-corrected chi connectivity index (χ0v) is 12.1. The van der Waals surface area contributed by atoms with Gasteiger partial charge in [0.25, 0.3) is 0 Å². The summed E-state index contributed by atoms with van der Waals surface area (Å²) in [5, 5.41) is 12.9. The lowest BCUT2D eigenvalue weighted by molar-refractivity contribution is 0.151. The maximum absolute atomic E-state index is 9.25. The monoisotopic (exact) mass is 241 g/mol. The van der Waals surface area contributed by atoms with E-state index in [1.165, 1.54) is 32.1 Å². The third kappa shape index (κ3) is 5.39. The second-order valence-electron chi connectivity index (χ2n) is 6.91. The van der Waals surface area contributed by atoms with E-state index in [9.17, 15) is 5.11 Å². The Labute approximate surface area is 107 Å². The standard InChI is InChI=1S/C15H31NO/c1-12(2)13-6-5-7-14(9-8-13)16-10-15(3,4)11-17/h12-14,16-17H,5-11H2,1-4H3. The zero-order valence-electron chi connectivity index (χ0n) is 12.1. The Morgan fingerprint density at radius 1 is 1.18 bits per heavy atom. The van der Waals surface area contributed by atoms with Gasteiger partial charge in [0.15, 0.2) is 0 Å². The van der Waals surface area contributed by atoms with Crippen LogP contribution in [0.4, 0.5) is 0 Å². The highest BCUT2D eigenvalue weighted by Gasteiger charge is 2.23. The topological polar surface area (TPSA) is 32.3 Å². The van der Waals surface area contributed by atoms with Crippen LogP contribution in [0.2, 0.25) is 0 Å². The summed E-state index contributed by atoms with van der Waals surface area (Å²) in [6, 6.07) is 0.671. The Bertz CT molecular complexity index is 213. The van der Waals surface area contributed by atoms with Crippen LogP contribution in [0.25, 0.3) is 0 Å². The smallest absolute Gasteiger partial charge is 0.0494 e. The minimum absolute atomic E-state index is 0.0176. The Morgan fingerprint density at radius 3 is 2.47 bits per heavy atom. The summed E-state index contributed by atoms with van der Waals surface area (Å²) in [6.45, 7) is 10.1. The molecular weight excluding hydrogens is 210 g/mol. The second-order valence-corrected chi connectivity index (χ2v) is 6.91. The summed E-state index contributed by atoms with van der Waals surface area (Å²) in [4.78, 5) is 0. The summed E-state index contributed by atoms with van der Waals surface area (Å²) in [7, 11) is 0. The molecule has 2 atom stereocenters. The van der Waals surface area contributed by atoms with Crippen LogP contribution in [-0.4, -0.2) is 24.3 Å². The van der Waals surface area contributed by atoms with E-state index in [-0.39, 0.29) is 12.0 Å². The lowest BCUT2D eigenvalue weighted by Crippen LogP contribution is -2.38. The van der Waals surface area contributed by atoms with Crippen molar-refractivity contribution in [3.8, 4) is 0 Å². The van der Waals surface area contributed by atoms with Crippen LogP contribution < -0.4 is 5.32 Å². The molecule has 0 bridgehead atoms. The molecule has 2 unspecified atom stereocenters. The first kappa shape index (κ1) is 15.0. The summed E-state index contributed by atoms with van der Waals surface area (Å²) >= 11 is 0. The molecule has 0 heterocycles. The van der Waals surface area contributed by atoms with Gasteiger partial charge in [-0.1, -0.05) is 40.5 Å². The van der Waals surface area contributed by atoms with Crippen molar-refractivity contribution in [1.29, 1.82) is 0 Å². The first-order valence-corrected chi connectivity index (χ1v) is 7.29. The molecule has 1 rings (SSSR count). The molecule has 1 aliphatic rings. The van der Waals surface area contributed by atoms with Crippen LogP contribution in [0.1, 0.15) is 59.8 Å². The average molecular weight is 241 g/mol. The molecule has 0 spiro atoms. The molecule has 2 N–H and O–H groups in total. The van der Waals surface area contributed by atoms with Crippen molar-refractivity contribution in [1.82, 2.24) is 5.32 Å². The van der Waals surface area contributed by atoms with Gasteiger partial charge in [0.05, 0.1) is 0 Å². The Balaban J connectivity index is 2.32. The highest BCUT2D eigenvalue weighted by atomic mass is 16.3. The van der Waals surface area contributed by atoms with Crippen LogP contribution in [0, 0.1) is 17.3 Å². The molecule has 0 aromatic heterocycles. The maximum atomic E-state index is 9.25. The van der Waals surface area contributed by atoms with Crippen LogP contribution in [0.15, 0.2) is 0 Å². The van der Waals surface area contributed by atoms with E-state index >= 15 is 0 Å². The van der Waals surface area contributed by atoms with Gasteiger partial charge in [0.2, 0.25) is 0 Å². The van der Waals surface area contributed by atoms with Crippen molar-refractivity contribution >= 4 is 0 Å². The first-order chi connectivity index (χ1) is 7.94. The summed E-state index contributed by atoms with van der Waals surface area (Å²) in [5.41, 5.74) is 0.0176. The van der Waals surface area contributed by atoms with Crippen molar-refractivity contribution < 1.29 is 5.11 Å². The molecule has 1 fully saturated rings. The molecule has 0 saturated heterocycles. The predicted octanol–water partition coefficient (Wildman–Crippen LogP) is 3.20. The largest absolute Gasteiger partial charge is 0.396 e. The minimum atomic E-state index is 0.0176. The molecule has 0 amide bonds.